The Kier molecular flexibility index (Phi) is 7.98. The number of aliphatic imine (C=N–C) groups is 1. The number of nitrogens with zero attached hydrogens (tertiary/aromatic N) is 4. The second-order valence-corrected chi connectivity index (χ2v) is 8.09. The molecule has 7 nitrogen and oxygen atoms in total. The molecule has 0 radical (unpaired) electrons. The molecular weight excluding hydrogens is 388 g/mol. The minimum absolute atomic E-state index is 0.296. The lowest BCUT2D eigenvalue weighted by Gasteiger charge is -2.26. The van der Waals surface area contributed by atoms with Crippen LogP contribution in [0.15, 0.2) is 23.3 Å². The highest BCUT2D eigenvalue weighted by Gasteiger charge is 2.27. The van der Waals surface area contributed by atoms with Crippen molar-refractivity contribution < 1.29 is 4.79 Å². The molecule has 3 heterocycles. The van der Waals surface area contributed by atoms with Gasteiger partial charge in [-0.3, -0.25) is 9.79 Å². The first-order valence-corrected chi connectivity index (χ1v) is 11.2. The van der Waals surface area contributed by atoms with Gasteiger partial charge in [0.05, 0.1) is 5.02 Å². The van der Waals surface area contributed by atoms with Crippen molar-refractivity contribution in [3.05, 3.63) is 23.4 Å². The minimum Gasteiger partial charge on any atom is -0.357 e. The minimum atomic E-state index is 0.296. The zero-order chi connectivity index (χ0) is 20.6. The Balaban J connectivity index is 1.53. The first kappa shape index (κ1) is 21.7. The summed E-state index contributed by atoms with van der Waals surface area (Å²) in [7, 11) is 0. The van der Waals surface area contributed by atoms with Crippen molar-refractivity contribution in [1.29, 1.82) is 0 Å². The number of anilines is 1. The molecule has 160 valence electrons. The van der Waals surface area contributed by atoms with Crippen LogP contribution in [0.4, 0.5) is 5.82 Å². The Bertz CT molecular complexity index is 712. The number of halogens is 1. The van der Waals surface area contributed by atoms with Crippen LogP contribution >= 0.6 is 11.6 Å². The normalized spacial score (nSPS) is 21.0. The summed E-state index contributed by atoms with van der Waals surface area (Å²) in [5.74, 6) is 1.99. The number of amides is 1. The molecule has 3 rings (SSSR count). The van der Waals surface area contributed by atoms with Gasteiger partial charge in [-0.1, -0.05) is 18.5 Å². The van der Waals surface area contributed by atoms with Gasteiger partial charge in [0.15, 0.2) is 5.96 Å². The number of carbonyl (C=O) groups is 1. The van der Waals surface area contributed by atoms with E-state index in [0.29, 0.717) is 36.0 Å². The van der Waals surface area contributed by atoms with Crippen LogP contribution in [0.2, 0.25) is 5.02 Å². The zero-order valence-electron chi connectivity index (χ0n) is 17.5. The molecule has 29 heavy (non-hydrogen) atoms. The Morgan fingerprint density at radius 3 is 2.97 bits per heavy atom. The molecule has 0 spiro atoms. The monoisotopic (exact) mass is 420 g/mol. The fourth-order valence-corrected chi connectivity index (χ4v) is 4.40. The van der Waals surface area contributed by atoms with Crippen molar-refractivity contribution >= 4 is 29.3 Å². The molecule has 1 aromatic heterocycles. The van der Waals surface area contributed by atoms with Gasteiger partial charge in [0.25, 0.3) is 0 Å². The summed E-state index contributed by atoms with van der Waals surface area (Å²) in [6, 6.07) is 4.33. The number of carbonyl (C=O) groups excluding carboxylic acids is 1. The van der Waals surface area contributed by atoms with E-state index >= 15 is 0 Å². The Morgan fingerprint density at radius 2 is 2.28 bits per heavy atom. The van der Waals surface area contributed by atoms with Gasteiger partial charge in [0, 0.05) is 57.4 Å². The van der Waals surface area contributed by atoms with Crippen LogP contribution in [0.1, 0.15) is 46.0 Å². The number of nitrogens with one attached hydrogen (secondary N) is 2. The molecule has 2 saturated heterocycles. The lowest BCUT2D eigenvalue weighted by atomic mass is 10.1. The van der Waals surface area contributed by atoms with Crippen molar-refractivity contribution in [2.75, 3.05) is 37.6 Å². The molecule has 2 aliphatic heterocycles. The number of hydrogen-bond donors (Lipinski definition) is 2. The van der Waals surface area contributed by atoms with Crippen LogP contribution in [-0.2, 0) is 4.79 Å². The van der Waals surface area contributed by atoms with Gasteiger partial charge in [0.2, 0.25) is 5.91 Å². The van der Waals surface area contributed by atoms with Crippen LogP contribution in [0, 0.1) is 0 Å². The Morgan fingerprint density at radius 1 is 1.41 bits per heavy atom. The van der Waals surface area contributed by atoms with E-state index in [0.717, 1.165) is 63.6 Å². The van der Waals surface area contributed by atoms with Gasteiger partial charge in [-0.15, -0.1) is 0 Å². The number of rotatable bonds is 8. The molecule has 1 amide bonds. The Labute approximate surface area is 178 Å². The van der Waals surface area contributed by atoms with Crippen LogP contribution in [0.3, 0.4) is 0 Å². The highest BCUT2D eigenvalue weighted by atomic mass is 35.5. The smallest absolute Gasteiger partial charge is 0.222 e. The molecule has 0 aliphatic carbocycles. The van der Waals surface area contributed by atoms with Gasteiger partial charge < -0.3 is 20.4 Å². The number of hydrogen-bond acceptors (Lipinski definition) is 4. The maximum absolute atomic E-state index is 12.0. The van der Waals surface area contributed by atoms with Crippen molar-refractivity contribution in [2.45, 2.75) is 58.0 Å². The van der Waals surface area contributed by atoms with Crippen molar-refractivity contribution in [2.24, 2.45) is 4.99 Å². The largest absolute Gasteiger partial charge is 0.357 e. The van der Waals surface area contributed by atoms with E-state index in [-0.39, 0.29) is 0 Å². The Hall–Kier alpha value is -2.02. The van der Waals surface area contributed by atoms with E-state index in [1.165, 1.54) is 0 Å². The summed E-state index contributed by atoms with van der Waals surface area (Å²) >= 11 is 6.29. The lowest BCUT2D eigenvalue weighted by molar-refractivity contribution is -0.129. The van der Waals surface area contributed by atoms with Crippen LogP contribution in [0.5, 0.6) is 0 Å². The highest BCUT2D eigenvalue weighted by Crippen LogP contribution is 2.25. The highest BCUT2D eigenvalue weighted by molar-refractivity contribution is 6.32. The van der Waals surface area contributed by atoms with E-state index in [1.807, 2.05) is 17.0 Å². The van der Waals surface area contributed by atoms with Crippen molar-refractivity contribution in [1.82, 2.24) is 20.5 Å². The summed E-state index contributed by atoms with van der Waals surface area (Å²) in [6.45, 7) is 8.41. The zero-order valence-corrected chi connectivity index (χ0v) is 18.3. The average molecular weight is 421 g/mol. The molecule has 0 saturated carbocycles. The topological polar surface area (TPSA) is 72.9 Å². The summed E-state index contributed by atoms with van der Waals surface area (Å²) in [6.07, 6.45) is 6.36. The van der Waals surface area contributed by atoms with Gasteiger partial charge in [-0.2, -0.15) is 0 Å². The summed E-state index contributed by atoms with van der Waals surface area (Å²) in [5, 5.41) is 7.59. The van der Waals surface area contributed by atoms with Gasteiger partial charge in [-0.05, 0) is 44.7 Å². The number of aromatic nitrogens is 1. The first-order chi connectivity index (χ1) is 14.1. The molecule has 8 heteroatoms. The van der Waals surface area contributed by atoms with E-state index < -0.39 is 0 Å². The summed E-state index contributed by atoms with van der Waals surface area (Å²) in [4.78, 5) is 25.5. The fourth-order valence-electron chi connectivity index (χ4n) is 4.15. The first-order valence-electron chi connectivity index (χ1n) is 10.8. The van der Waals surface area contributed by atoms with Gasteiger partial charge in [-0.25, -0.2) is 4.98 Å². The molecule has 1 aromatic rings. The number of pyridine rings is 1. The van der Waals surface area contributed by atoms with E-state index in [1.54, 1.807) is 6.20 Å². The van der Waals surface area contributed by atoms with Crippen LogP contribution in [-0.4, -0.2) is 66.6 Å². The molecule has 2 fully saturated rings. The number of likely N-dealkylation sites (tertiary alicyclic amines) is 1. The standard InChI is InChI=1S/C21H33ClN6O/c1-3-17(28-13-6-8-19(28)29)9-12-25-21(23-4-2)26-16-10-14-27(15-16)20-18(22)7-5-11-24-20/h5,7,11,16-17H,3-4,6,8-10,12-15H2,1-2H3,(H2,23,25,26). The maximum Gasteiger partial charge on any atom is 0.222 e. The lowest BCUT2D eigenvalue weighted by Crippen LogP contribution is -2.45. The van der Waals surface area contributed by atoms with Gasteiger partial charge in [0.1, 0.15) is 5.82 Å². The molecule has 0 aromatic carbocycles. The third kappa shape index (κ3) is 5.75. The quantitative estimate of drug-likeness (QED) is 0.499. The average Bonchev–Trinajstić information content (AvgIpc) is 3.35. The van der Waals surface area contributed by atoms with E-state index in [9.17, 15) is 4.79 Å². The molecule has 2 unspecified atom stereocenters. The third-order valence-electron chi connectivity index (χ3n) is 5.67. The third-order valence-corrected chi connectivity index (χ3v) is 5.96. The molecule has 2 atom stereocenters. The van der Waals surface area contributed by atoms with Crippen molar-refractivity contribution in [3.63, 3.8) is 0 Å². The molecular formula is C21H33ClN6O. The number of guanidine groups is 1. The summed E-state index contributed by atoms with van der Waals surface area (Å²) < 4.78 is 0. The fraction of sp³-hybridized carbons (Fsp3) is 0.667. The van der Waals surface area contributed by atoms with Crippen LogP contribution in [0.25, 0.3) is 0 Å². The predicted octanol–water partition coefficient (Wildman–Crippen LogP) is 2.66. The molecule has 2 aliphatic rings. The SMILES string of the molecule is CCNC(=NCCC(CC)N1CCCC1=O)NC1CCN(c2ncccc2Cl)C1. The second kappa shape index (κ2) is 10.7. The van der Waals surface area contributed by atoms with E-state index in [2.05, 4.69) is 34.4 Å². The second-order valence-electron chi connectivity index (χ2n) is 7.69. The van der Waals surface area contributed by atoms with Crippen molar-refractivity contribution in [3.8, 4) is 0 Å². The maximum atomic E-state index is 12.0. The predicted molar refractivity (Wildman–Crippen MR) is 119 cm³/mol. The molecule has 2 N–H and O–H groups in total. The van der Waals surface area contributed by atoms with E-state index in [4.69, 9.17) is 16.6 Å². The van der Waals surface area contributed by atoms with Gasteiger partial charge >= 0.3 is 0 Å². The molecule has 0 bridgehead atoms. The summed E-state index contributed by atoms with van der Waals surface area (Å²) in [5.41, 5.74) is 0. The van der Waals surface area contributed by atoms with Crippen LogP contribution < -0.4 is 15.5 Å².